The molecule has 1 N–H and O–H groups in total. The van der Waals surface area contributed by atoms with Crippen molar-refractivity contribution in [2.75, 3.05) is 14.2 Å². The topological polar surface area (TPSA) is 47.6 Å². The number of para-hydroxylation sites is 1. The summed E-state index contributed by atoms with van der Waals surface area (Å²) < 4.78 is 10.5. The third-order valence-electron chi connectivity index (χ3n) is 3.96. The molecule has 0 atom stereocenters. The summed E-state index contributed by atoms with van der Waals surface area (Å²) in [5, 5.41) is 2.99. The van der Waals surface area contributed by atoms with Crippen LogP contribution in [0.1, 0.15) is 25.0 Å². The fraction of sp³-hybridized carbons (Fsp3) is 0.316. The Balaban J connectivity index is 2.09. The van der Waals surface area contributed by atoms with Gasteiger partial charge in [0.25, 0.3) is 0 Å². The van der Waals surface area contributed by atoms with Crippen LogP contribution in [0.3, 0.4) is 0 Å². The van der Waals surface area contributed by atoms with Crippen LogP contribution in [0.15, 0.2) is 48.5 Å². The molecule has 0 aromatic heterocycles. The normalized spacial score (nSPS) is 11.0. The number of hydrogen-bond donors (Lipinski definition) is 1. The number of methoxy groups -OCH3 is 2. The molecule has 0 aliphatic heterocycles. The summed E-state index contributed by atoms with van der Waals surface area (Å²) in [6.07, 6.45) is 0. The van der Waals surface area contributed by atoms with E-state index >= 15 is 0 Å². The molecule has 0 saturated carbocycles. The van der Waals surface area contributed by atoms with Crippen LogP contribution in [0.2, 0.25) is 0 Å². The van der Waals surface area contributed by atoms with E-state index < -0.39 is 5.41 Å². The van der Waals surface area contributed by atoms with Gasteiger partial charge in [-0.25, -0.2) is 0 Å². The van der Waals surface area contributed by atoms with Gasteiger partial charge in [0.1, 0.15) is 11.5 Å². The highest BCUT2D eigenvalue weighted by atomic mass is 16.5. The first-order valence-corrected chi connectivity index (χ1v) is 7.53. The zero-order chi connectivity index (χ0) is 16.9. The second-order valence-electron chi connectivity index (χ2n) is 5.86. The van der Waals surface area contributed by atoms with Crippen LogP contribution in [0, 0.1) is 0 Å². The van der Waals surface area contributed by atoms with Crippen molar-refractivity contribution in [3.63, 3.8) is 0 Å². The summed E-state index contributed by atoms with van der Waals surface area (Å²) in [5.74, 6) is 1.48. The summed E-state index contributed by atoms with van der Waals surface area (Å²) in [6, 6.07) is 15.2. The zero-order valence-electron chi connectivity index (χ0n) is 14.1. The third kappa shape index (κ3) is 3.83. The minimum atomic E-state index is -0.681. The standard InChI is InChI=1S/C19H23NO3/c1-19(2,16-7-5-6-8-17(16)23-4)18(21)20-13-14-9-11-15(22-3)12-10-14/h5-12H,13H2,1-4H3,(H,20,21). The maximum absolute atomic E-state index is 12.6. The van der Waals surface area contributed by atoms with Crippen LogP contribution in [0.4, 0.5) is 0 Å². The molecule has 1 amide bonds. The molecule has 0 fully saturated rings. The van der Waals surface area contributed by atoms with Crippen LogP contribution < -0.4 is 14.8 Å². The molecule has 122 valence electrons. The van der Waals surface area contributed by atoms with E-state index in [9.17, 15) is 4.79 Å². The highest BCUT2D eigenvalue weighted by molar-refractivity contribution is 5.88. The molecule has 0 aliphatic rings. The Hall–Kier alpha value is -2.49. The van der Waals surface area contributed by atoms with E-state index in [1.54, 1.807) is 14.2 Å². The maximum Gasteiger partial charge on any atom is 0.230 e. The molecule has 0 heterocycles. The molecule has 2 aromatic rings. The fourth-order valence-electron chi connectivity index (χ4n) is 2.43. The molecule has 0 spiro atoms. The number of amides is 1. The minimum Gasteiger partial charge on any atom is -0.497 e. The van der Waals surface area contributed by atoms with Gasteiger partial charge in [-0.1, -0.05) is 30.3 Å². The van der Waals surface area contributed by atoms with Crippen LogP contribution >= 0.6 is 0 Å². The van der Waals surface area contributed by atoms with E-state index in [0.717, 1.165) is 22.6 Å². The summed E-state index contributed by atoms with van der Waals surface area (Å²) in [6.45, 7) is 4.27. The monoisotopic (exact) mass is 313 g/mol. The van der Waals surface area contributed by atoms with Gasteiger partial charge >= 0.3 is 0 Å². The lowest BCUT2D eigenvalue weighted by atomic mass is 9.83. The number of hydrogen-bond acceptors (Lipinski definition) is 3. The van der Waals surface area contributed by atoms with E-state index in [1.807, 2.05) is 62.4 Å². The van der Waals surface area contributed by atoms with Crippen molar-refractivity contribution in [3.05, 3.63) is 59.7 Å². The number of nitrogens with one attached hydrogen (secondary N) is 1. The first-order valence-electron chi connectivity index (χ1n) is 7.53. The summed E-state index contributed by atoms with van der Waals surface area (Å²) in [5.41, 5.74) is 1.21. The van der Waals surface area contributed by atoms with Gasteiger partial charge in [0, 0.05) is 12.1 Å². The largest absolute Gasteiger partial charge is 0.497 e. The molecule has 2 rings (SSSR count). The number of carbonyl (C=O) groups is 1. The SMILES string of the molecule is COc1ccc(CNC(=O)C(C)(C)c2ccccc2OC)cc1. The average Bonchev–Trinajstić information content (AvgIpc) is 2.59. The van der Waals surface area contributed by atoms with Crippen LogP contribution in [0.5, 0.6) is 11.5 Å². The van der Waals surface area contributed by atoms with Gasteiger partial charge < -0.3 is 14.8 Å². The van der Waals surface area contributed by atoms with Crippen LogP contribution in [-0.4, -0.2) is 20.1 Å². The molecule has 0 saturated heterocycles. The van der Waals surface area contributed by atoms with E-state index in [1.165, 1.54) is 0 Å². The predicted molar refractivity (Wildman–Crippen MR) is 90.9 cm³/mol. The Morgan fingerprint density at radius 3 is 2.26 bits per heavy atom. The molecule has 23 heavy (non-hydrogen) atoms. The Bertz CT molecular complexity index is 663. The van der Waals surface area contributed by atoms with E-state index in [2.05, 4.69) is 5.32 Å². The molecular formula is C19H23NO3. The van der Waals surface area contributed by atoms with Crippen LogP contribution in [0.25, 0.3) is 0 Å². The summed E-state index contributed by atoms with van der Waals surface area (Å²) in [4.78, 5) is 12.6. The molecule has 2 aromatic carbocycles. The smallest absolute Gasteiger partial charge is 0.230 e. The Morgan fingerprint density at radius 2 is 1.65 bits per heavy atom. The fourth-order valence-corrected chi connectivity index (χ4v) is 2.43. The first-order chi connectivity index (χ1) is 11.0. The van der Waals surface area contributed by atoms with E-state index in [-0.39, 0.29) is 5.91 Å². The Labute approximate surface area is 137 Å². The molecule has 0 bridgehead atoms. The van der Waals surface area contributed by atoms with Crippen molar-refractivity contribution >= 4 is 5.91 Å². The van der Waals surface area contributed by atoms with Gasteiger partial charge in [0.2, 0.25) is 5.91 Å². The van der Waals surface area contributed by atoms with Crippen molar-refractivity contribution in [1.29, 1.82) is 0 Å². The lowest BCUT2D eigenvalue weighted by Gasteiger charge is -2.26. The van der Waals surface area contributed by atoms with Crippen molar-refractivity contribution in [1.82, 2.24) is 5.32 Å². The van der Waals surface area contributed by atoms with Crippen molar-refractivity contribution in [2.45, 2.75) is 25.8 Å². The first kappa shape index (κ1) is 16.9. The zero-order valence-corrected chi connectivity index (χ0v) is 14.1. The van der Waals surface area contributed by atoms with Gasteiger partial charge in [-0.05, 0) is 37.6 Å². The van der Waals surface area contributed by atoms with E-state index in [0.29, 0.717) is 6.54 Å². The third-order valence-corrected chi connectivity index (χ3v) is 3.96. The average molecular weight is 313 g/mol. The Kier molecular flexibility index (Phi) is 5.27. The molecule has 0 unspecified atom stereocenters. The molecular weight excluding hydrogens is 290 g/mol. The predicted octanol–water partition coefficient (Wildman–Crippen LogP) is 3.30. The number of ether oxygens (including phenoxy) is 2. The lowest BCUT2D eigenvalue weighted by molar-refractivity contribution is -0.125. The summed E-state index contributed by atoms with van der Waals surface area (Å²) >= 11 is 0. The molecule has 0 aliphatic carbocycles. The number of carbonyl (C=O) groups excluding carboxylic acids is 1. The van der Waals surface area contributed by atoms with Crippen molar-refractivity contribution < 1.29 is 14.3 Å². The van der Waals surface area contributed by atoms with E-state index in [4.69, 9.17) is 9.47 Å². The quantitative estimate of drug-likeness (QED) is 0.890. The van der Waals surface area contributed by atoms with Gasteiger partial charge in [0.05, 0.1) is 19.6 Å². The van der Waals surface area contributed by atoms with Gasteiger partial charge in [-0.15, -0.1) is 0 Å². The highest BCUT2D eigenvalue weighted by Crippen LogP contribution is 2.31. The number of rotatable bonds is 6. The van der Waals surface area contributed by atoms with Gasteiger partial charge in [-0.3, -0.25) is 4.79 Å². The molecule has 4 heteroatoms. The van der Waals surface area contributed by atoms with Gasteiger partial charge in [0.15, 0.2) is 0 Å². The lowest BCUT2D eigenvalue weighted by Crippen LogP contribution is -2.39. The van der Waals surface area contributed by atoms with Crippen molar-refractivity contribution in [3.8, 4) is 11.5 Å². The van der Waals surface area contributed by atoms with Gasteiger partial charge in [-0.2, -0.15) is 0 Å². The minimum absolute atomic E-state index is 0.0437. The van der Waals surface area contributed by atoms with Crippen LogP contribution in [-0.2, 0) is 16.8 Å². The number of benzene rings is 2. The second-order valence-corrected chi connectivity index (χ2v) is 5.86. The Morgan fingerprint density at radius 1 is 1.00 bits per heavy atom. The molecule has 4 nitrogen and oxygen atoms in total. The maximum atomic E-state index is 12.6. The highest BCUT2D eigenvalue weighted by Gasteiger charge is 2.32. The summed E-state index contributed by atoms with van der Waals surface area (Å²) in [7, 11) is 3.25. The van der Waals surface area contributed by atoms with Crippen molar-refractivity contribution in [2.24, 2.45) is 0 Å². The second kappa shape index (κ2) is 7.18. The molecule has 0 radical (unpaired) electrons.